The van der Waals surface area contributed by atoms with Crippen LogP contribution in [0.1, 0.15) is 127 Å². The predicted octanol–water partition coefficient (Wildman–Crippen LogP) is 14.7. The molecule has 0 aromatic heterocycles. The largest absolute Gasteiger partial charge is 0.493 e. The Labute approximate surface area is 511 Å². The van der Waals surface area contributed by atoms with E-state index in [4.69, 9.17) is 29.2 Å². The molecule has 2 spiro atoms. The first kappa shape index (κ1) is 57.9. The Morgan fingerprint density at radius 2 is 0.690 bits per heavy atom. The lowest BCUT2D eigenvalue weighted by Crippen LogP contribution is -2.44. The van der Waals surface area contributed by atoms with Gasteiger partial charge in [0.1, 0.15) is 45.6 Å². The van der Waals surface area contributed by atoms with Gasteiger partial charge in [-0.3, -0.25) is 9.59 Å². The van der Waals surface area contributed by atoms with Crippen LogP contribution < -0.4 is 38.5 Å². The molecular weight excluding hydrogens is 1080 g/mol. The van der Waals surface area contributed by atoms with E-state index in [2.05, 4.69) is 148 Å². The molecule has 0 N–H and O–H groups in total. The highest BCUT2D eigenvalue weighted by atomic mass is 16.5. The van der Waals surface area contributed by atoms with E-state index in [9.17, 15) is 0 Å². The van der Waals surface area contributed by atoms with Gasteiger partial charge in [0.2, 0.25) is 0 Å². The molecule has 0 atom stereocenters. The fourth-order valence-corrected chi connectivity index (χ4v) is 13.4. The number of ether oxygens (including phenoxy) is 4. The van der Waals surface area contributed by atoms with Gasteiger partial charge in [-0.2, -0.15) is 10.2 Å². The summed E-state index contributed by atoms with van der Waals surface area (Å²) in [5.74, 6) is 3.51. The molecule has 0 fully saturated rings. The molecule has 4 heterocycles. The average molecular weight is 1160 g/mol. The van der Waals surface area contributed by atoms with Gasteiger partial charge >= 0.3 is 0 Å². The van der Waals surface area contributed by atoms with Gasteiger partial charge in [0.15, 0.2) is 0 Å². The summed E-state index contributed by atoms with van der Waals surface area (Å²) in [4.78, 5) is 39.2. The zero-order chi connectivity index (χ0) is 60.4. The van der Waals surface area contributed by atoms with Gasteiger partial charge in [-0.1, -0.05) is 84.9 Å². The quantitative estimate of drug-likeness (QED) is 0.0480. The summed E-state index contributed by atoms with van der Waals surface area (Å²) in [5, 5.41) is 13.6. The van der Waals surface area contributed by atoms with Crippen molar-refractivity contribution >= 4 is 47.0 Å². The first-order valence-corrected chi connectivity index (χ1v) is 30.9. The minimum atomic E-state index is -1.14. The van der Waals surface area contributed by atoms with Crippen LogP contribution in [0.4, 0.5) is 22.7 Å². The van der Waals surface area contributed by atoms with Gasteiger partial charge < -0.3 is 38.5 Å². The number of para-hydroxylation sites is 2. The summed E-state index contributed by atoms with van der Waals surface area (Å²) in [5.41, 5.74) is 9.45. The number of benzene rings is 8. The van der Waals surface area contributed by atoms with Crippen LogP contribution in [0, 0.1) is 0 Å². The summed E-state index contributed by atoms with van der Waals surface area (Å²) in [6.07, 6.45) is 4.00. The van der Waals surface area contributed by atoms with Crippen LogP contribution in [0.5, 0.6) is 34.5 Å². The van der Waals surface area contributed by atoms with Crippen molar-refractivity contribution in [1.82, 2.24) is 10.0 Å². The molecule has 444 valence electrons. The Hall–Kier alpha value is -9.56. The third kappa shape index (κ3) is 9.75. The number of nitrogens with zero attached hydrogens (tertiary/aromatic N) is 8. The van der Waals surface area contributed by atoms with Gasteiger partial charge in [0.05, 0.1) is 25.6 Å². The maximum absolute atomic E-state index is 15.0. The molecule has 4 aliphatic heterocycles. The summed E-state index contributed by atoms with van der Waals surface area (Å²) in [6.45, 7) is 24.5. The second-order valence-electron chi connectivity index (χ2n) is 22.0. The van der Waals surface area contributed by atoms with Crippen molar-refractivity contribution in [1.29, 1.82) is 0 Å². The fraction of sp³-hybridized carbons (Fsp3) is 0.288. The van der Waals surface area contributed by atoms with Gasteiger partial charge in [0.25, 0.3) is 11.8 Å². The van der Waals surface area contributed by atoms with Crippen LogP contribution in [0.2, 0.25) is 0 Å². The summed E-state index contributed by atoms with van der Waals surface area (Å²) >= 11 is 0. The maximum Gasteiger partial charge on any atom is 0.275 e. The minimum Gasteiger partial charge on any atom is -0.493 e. The number of rotatable bonds is 22. The first-order valence-electron chi connectivity index (χ1n) is 30.9. The van der Waals surface area contributed by atoms with Gasteiger partial charge in [-0.15, -0.1) is 0 Å². The number of hydrogen-bond acceptors (Lipinski definition) is 12. The molecule has 12 rings (SSSR count). The van der Waals surface area contributed by atoms with E-state index in [1.165, 1.54) is 0 Å². The van der Waals surface area contributed by atoms with Crippen LogP contribution >= 0.6 is 0 Å². The molecule has 14 heteroatoms. The van der Waals surface area contributed by atoms with Crippen LogP contribution in [0.3, 0.4) is 0 Å². The van der Waals surface area contributed by atoms with E-state index in [0.717, 1.165) is 108 Å². The molecule has 0 radical (unpaired) electrons. The summed E-state index contributed by atoms with van der Waals surface area (Å²) < 4.78 is 26.9. The molecule has 8 aromatic carbocycles. The molecule has 0 bridgehead atoms. The van der Waals surface area contributed by atoms with E-state index >= 15 is 9.59 Å². The molecule has 0 unspecified atom stereocenters. The molecule has 0 aliphatic carbocycles. The van der Waals surface area contributed by atoms with Crippen LogP contribution in [-0.2, 0) is 11.1 Å². The number of hydrazone groups is 2. The van der Waals surface area contributed by atoms with Crippen molar-refractivity contribution in [2.24, 2.45) is 10.2 Å². The molecular formula is C73H76N8O6. The highest BCUT2D eigenvalue weighted by Crippen LogP contribution is 2.60. The Morgan fingerprint density at radius 3 is 1.01 bits per heavy atom. The summed E-state index contributed by atoms with van der Waals surface area (Å²) in [7, 11) is 0. The number of anilines is 4. The Morgan fingerprint density at radius 1 is 0.391 bits per heavy atom. The number of carbonyl (C=O) groups excluding carboxylic acids is 2. The number of amides is 2. The Bertz CT molecular complexity index is 3560. The van der Waals surface area contributed by atoms with Crippen molar-refractivity contribution in [3.8, 4) is 34.5 Å². The zero-order valence-electron chi connectivity index (χ0n) is 51.1. The minimum absolute atomic E-state index is 0.216. The van der Waals surface area contributed by atoms with Gasteiger partial charge in [0, 0.05) is 161 Å². The van der Waals surface area contributed by atoms with Crippen molar-refractivity contribution in [2.75, 3.05) is 85.2 Å². The number of hydrogen-bond donors (Lipinski definition) is 0. The Kier molecular flexibility index (Phi) is 16.2. The fourth-order valence-electron chi connectivity index (χ4n) is 13.4. The third-order valence-corrected chi connectivity index (χ3v) is 17.8. The van der Waals surface area contributed by atoms with Crippen LogP contribution in [0.25, 0.3) is 0 Å². The smallest absolute Gasteiger partial charge is 0.275 e. The topological polar surface area (TPSA) is 115 Å². The van der Waals surface area contributed by atoms with E-state index in [1.807, 2.05) is 97.1 Å². The lowest BCUT2D eigenvalue weighted by atomic mass is 9.75. The van der Waals surface area contributed by atoms with Crippen molar-refractivity contribution in [3.63, 3.8) is 0 Å². The van der Waals surface area contributed by atoms with Crippen LogP contribution in [-0.4, -0.2) is 99.8 Å². The first-order chi connectivity index (χ1) is 42.6. The zero-order valence-corrected chi connectivity index (χ0v) is 51.1. The molecule has 0 saturated carbocycles. The standard InChI is InChI=1S/C73H76N8O6/c1-9-76(10-2)52-34-38-60-66(44-52)86-67-45-53(77(11-3)12-4)35-39-61(67)72(60)58-30-21-19-28-56(58)70(82)80(72)74-48-50-26-17-23-32-64(50)84-42-25-43-85-65-33-24-18-27-51(65)49-75-81-71(83)57-29-20-22-31-59(57)73(81)62-40-36-54(78(13-5)14-6)46-68(62)87-69-47-55(37-41-63(69)73)79(15-7)16-8/h17-24,26-41,44-49H,9-16,25,42-43H2,1-8H3/b74-48+,75-49+. The maximum atomic E-state index is 15.0. The third-order valence-electron chi connectivity index (χ3n) is 17.8. The second-order valence-corrected chi connectivity index (χ2v) is 22.0. The summed E-state index contributed by atoms with van der Waals surface area (Å²) in [6, 6.07) is 56.5. The molecule has 14 nitrogen and oxygen atoms in total. The van der Waals surface area contributed by atoms with Gasteiger partial charge in [-0.25, -0.2) is 10.0 Å². The Balaban J connectivity index is 0.813. The highest BCUT2D eigenvalue weighted by Gasteiger charge is 2.59. The molecule has 8 aromatic rings. The number of carbonyl (C=O) groups is 2. The van der Waals surface area contributed by atoms with Crippen molar-refractivity contribution < 1.29 is 28.5 Å². The van der Waals surface area contributed by atoms with E-state index in [0.29, 0.717) is 76.4 Å². The SMILES string of the molecule is CCN(CC)c1ccc2c(c1)Oc1cc(N(CC)CC)ccc1C21c2ccccc2C(=O)N1/N=C/c1ccccc1OCCCOc1ccccc1/C=N/N1C(=O)c2ccccc2C12c1ccc(N(CC)CC)cc1Oc1cc(N(CC)CC)ccc12. The van der Waals surface area contributed by atoms with E-state index < -0.39 is 11.1 Å². The van der Waals surface area contributed by atoms with E-state index in [1.54, 1.807) is 22.4 Å². The monoisotopic (exact) mass is 1160 g/mol. The molecule has 4 aliphatic rings. The normalized spacial score (nSPS) is 14.5. The average Bonchev–Trinajstić information content (AvgIpc) is 1.63. The number of fused-ring (bicyclic) bond motifs is 12. The highest BCUT2D eigenvalue weighted by molar-refractivity contribution is 6.04. The van der Waals surface area contributed by atoms with Gasteiger partial charge in [-0.05, 0) is 116 Å². The molecule has 0 saturated heterocycles. The molecule has 2 amide bonds. The second kappa shape index (κ2) is 24.4. The van der Waals surface area contributed by atoms with Crippen molar-refractivity contribution in [2.45, 2.75) is 72.9 Å². The molecule has 87 heavy (non-hydrogen) atoms. The lowest BCUT2D eigenvalue weighted by Gasteiger charge is -2.42. The van der Waals surface area contributed by atoms with Crippen LogP contribution in [0.15, 0.2) is 180 Å². The lowest BCUT2D eigenvalue weighted by molar-refractivity contribution is 0.0667. The van der Waals surface area contributed by atoms with Crippen molar-refractivity contribution in [3.05, 3.63) is 225 Å². The van der Waals surface area contributed by atoms with E-state index in [-0.39, 0.29) is 11.8 Å². The predicted molar refractivity (Wildman–Crippen MR) is 349 cm³/mol.